The second-order valence-electron chi connectivity index (χ2n) is 2.61. The van der Waals surface area contributed by atoms with Crippen LogP contribution >= 0.6 is 0 Å². The third-order valence-corrected chi connectivity index (χ3v) is 1.55. The number of halogens is 1. The van der Waals surface area contributed by atoms with Crippen LogP contribution in [0, 0.1) is 18.2 Å². The van der Waals surface area contributed by atoms with Crippen LogP contribution in [0.3, 0.4) is 0 Å². The summed E-state index contributed by atoms with van der Waals surface area (Å²) < 4.78 is 12.6. The molecule has 0 bridgehead atoms. The van der Waals surface area contributed by atoms with Gasteiger partial charge in [0.1, 0.15) is 11.4 Å². The Bertz CT molecular complexity index is 328. The van der Waals surface area contributed by atoms with Gasteiger partial charge in [0.25, 0.3) is 0 Å². The lowest BCUT2D eigenvalue weighted by molar-refractivity contribution is 0.121. The molecule has 62 valence electrons. The van der Waals surface area contributed by atoms with Gasteiger partial charge in [0.05, 0.1) is 6.20 Å². The molecule has 0 aromatic carbocycles. The second kappa shape index (κ2) is 2.92. The summed E-state index contributed by atoms with van der Waals surface area (Å²) >= 11 is 0. The van der Waals surface area contributed by atoms with Gasteiger partial charge in [0.15, 0.2) is 0 Å². The smallest absolute Gasteiger partial charge is 0.149 e. The highest BCUT2D eigenvalue weighted by Gasteiger charge is 2.20. The fraction of sp³-hybridized carbons (Fsp3) is 0.222. The number of terminal acetylenes is 1. The van der Waals surface area contributed by atoms with E-state index >= 15 is 0 Å². The predicted octanol–water partition coefficient (Wildman–Crippen LogP) is 1.06. The Balaban J connectivity index is 3.14. The molecule has 0 aliphatic carbocycles. The molecule has 1 rings (SSSR count). The number of rotatable bonds is 1. The van der Waals surface area contributed by atoms with E-state index in [9.17, 15) is 9.50 Å². The zero-order chi connectivity index (χ0) is 9.19. The SMILES string of the molecule is C#CC(C)(O)c1cncc(F)c1. The van der Waals surface area contributed by atoms with Gasteiger partial charge in [0, 0.05) is 11.8 Å². The van der Waals surface area contributed by atoms with Crippen molar-refractivity contribution in [2.45, 2.75) is 12.5 Å². The van der Waals surface area contributed by atoms with Crippen molar-refractivity contribution in [3.8, 4) is 12.3 Å². The molecule has 0 amide bonds. The van der Waals surface area contributed by atoms with E-state index in [2.05, 4.69) is 10.9 Å². The molecule has 1 aromatic heterocycles. The summed E-state index contributed by atoms with van der Waals surface area (Å²) in [4.78, 5) is 3.57. The Morgan fingerprint density at radius 3 is 2.83 bits per heavy atom. The molecule has 0 saturated carbocycles. The number of aromatic nitrogens is 1. The summed E-state index contributed by atoms with van der Waals surface area (Å²) in [6.07, 6.45) is 7.43. The first-order chi connectivity index (χ1) is 5.56. The Morgan fingerprint density at radius 1 is 1.67 bits per heavy atom. The van der Waals surface area contributed by atoms with Crippen molar-refractivity contribution in [2.24, 2.45) is 0 Å². The lowest BCUT2D eigenvalue weighted by Gasteiger charge is -2.15. The average molecular weight is 165 g/mol. The number of hydrogen-bond acceptors (Lipinski definition) is 2. The van der Waals surface area contributed by atoms with Gasteiger partial charge >= 0.3 is 0 Å². The summed E-state index contributed by atoms with van der Waals surface area (Å²) in [6, 6.07) is 1.16. The molecule has 3 heteroatoms. The minimum atomic E-state index is -1.45. The van der Waals surface area contributed by atoms with Crippen LogP contribution in [-0.4, -0.2) is 10.1 Å². The van der Waals surface area contributed by atoms with E-state index in [1.165, 1.54) is 13.1 Å². The summed E-state index contributed by atoms with van der Waals surface area (Å²) in [5.41, 5.74) is -1.17. The Kier molecular flexibility index (Phi) is 2.11. The molecule has 0 fully saturated rings. The van der Waals surface area contributed by atoms with Gasteiger partial charge in [-0.05, 0) is 13.0 Å². The van der Waals surface area contributed by atoms with Crippen molar-refractivity contribution in [3.63, 3.8) is 0 Å². The standard InChI is InChI=1S/C9H8FNO/c1-3-9(2,12)7-4-8(10)6-11-5-7/h1,4-6,12H,2H3. The molecule has 0 saturated heterocycles. The quantitative estimate of drug-likeness (QED) is 0.631. The monoisotopic (exact) mass is 165 g/mol. The van der Waals surface area contributed by atoms with Crippen molar-refractivity contribution in [1.29, 1.82) is 0 Å². The molecule has 0 spiro atoms. The van der Waals surface area contributed by atoms with Crippen molar-refractivity contribution in [1.82, 2.24) is 4.98 Å². The molecule has 1 heterocycles. The van der Waals surface area contributed by atoms with Crippen LogP contribution in [0.1, 0.15) is 12.5 Å². The molecule has 1 N–H and O–H groups in total. The summed E-state index contributed by atoms with van der Waals surface area (Å²) in [6.45, 7) is 1.41. The van der Waals surface area contributed by atoms with E-state index in [1.54, 1.807) is 0 Å². The van der Waals surface area contributed by atoms with Crippen LogP contribution in [-0.2, 0) is 5.60 Å². The van der Waals surface area contributed by atoms with Gasteiger partial charge < -0.3 is 5.11 Å². The molecule has 1 unspecified atom stereocenters. The van der Waals surface area contributed by atoms with Crippen molar-refractivity contribution >= 4 is 0 Å². The number of hydrogen-bond donors (Lipinski definition) is 1. The first kappa shape index (κ1) is 8.69. The number of aliphatic hydroxyl groups is 1. The predicted molar refractivity (Wildman–Crippen MR) is 42.6 cm³/mol. The van der Waals surface area contributed by atoms with Crippen LogP contribution in [0.5, 0.6) is 0 Å². The number of nitrogens with zero attached hydrogens (tertiary/aromatic N) is 1. The Morgan fingerprint density at radius 2 is 2.33 bits per heavy atom. The maximum Gasteiger partial charge on any atom is 0.149 e. The second-order valence-corrected chi connectivity index (χ2v) is 2.61. The van der Waals surface area contributed by atoms with Gasteiger partial charge in [-0.25, -0.2) is 4.39 Å². The normalized spacial score (nSPS) is 14.8. The van der Waals surface area contributed by atoms with Gasteiger partial charge in [-0.1, -0.05) is 5.92 Å². The molecule has 12 heavy (non-hydrogen) atoms. The molecular weight excluding hydrogens is 157 g/mol. The van der Waals surface area contributed by atoms with E-state index in [1.807, 2.05) is 0 Å². The third-order valence-electron chi connectivity index (χ3n) is 1.55. The van der Waals surface area contributed by atoms with Crippen LogP contribution in [0.2, 0.25) is 0 Å². The van der Waals surface area contributed by atoms with Gasteiger partial charge in [-0.3, -0.25) is 4.98 Å². The van der Waals surface area contributed by atoms with E-state index < -0.39 is 11.4 Å². The maximum absolute atomic E-state index is 12.6. The maximum atomic E-state index is 12.6. The van der Waals surface area contributed by atoms with Crippen LogP contribution < -0.4 is 0 Å². The van der Waals surface area contributed by atoms with E-state index in [4.69, 9.17) is 6.42 Å². The molecular formula is C9H8FNO. The topological polar surface area (TPSA) is 33.1 Å². The van der Waals surface area contributed by atoms with Crippen LogP contribution in [0.15, 0.2) is 18.5 Å². The molecule has 0 radical (unpaired) electrons. The minimum absolute atomic E-state index is 0.282. The van der Waals surface area contributed by atoms with Gasteiger partial charge in [-0.2, -0.15) is 0 Å². The fourth-order valence-electron chi connectivity index (χ4n) is 0.761. The highest BCUT2D eigenvalue weighted by molar-refractivity contribution is 5.26. The fourth-order valence-corrected chi connectivity index (χ4v) is 0.761. The highest BCUT2D eigenvalue weighted by Crippen LogP contribution is 2.18. The van der Waals surface area contributed by atoms with Gasteiger partial charge in [0.2, 0.25) is 0 Å². The van der Waals surface area contributed by atoms with Crippen LogP contribution in [0.4, 0.5) is 4.39 Å². The van der Waals surface area contributed by atoms with E-state index in [-0.39, 0.29) is 5.56 Å². The lowest BCUT2D eigenvalue weighted by atomic mass is 9.99. The summed E-state index contributed by atoms with van der Waals surface area (Å²) in [7, 11) is 0. The molecule has 1 aromatic rings. The Hall–Kier alpha value is -1.40. The molecule has 0 aliphatic heterocycles. The minimum Gasteiger partial charge on any atom is -0.374 e. The van der Waals surface area contributed by atoms with E-state index in [0.717, 1.165) is 12.3 Å². The van der Waals surface area contributed by atoms with Crippen LogP contribution in [0.25, 0.3) is 0 Å². The molecule has 1 atom stereocenters. The summed E-state index contributed by atoms with van der Waals surface area (Å²) in [5, 5.41) is 9.48. The highest BCUT2D eigenvalue weighted by atomic mass is 19.1. The first-order valence-corrected chi connectivity index (χ1v) is 3.37. The lowest BCUT2D eigenvalue weighted by Crippen LogP contribution is -2.18. The molecule has 0 aliphatic rings. The van der Waals surface area contributed by atoms with E-state index in [0.29, 0.717) is 0 Å². The van der Waals surface area contributed by atoms with Crippen molar-refractivity contribution in [2.75, 3.05) is 0 Å². The summed E-state index contributed by atoms with van der Waals surface area (Å²) in [5.74, 6) is 1.62. The largest absolute Gasteiger partial charge is 0.374 e. The van der Waals surface area contributed by atoms with Crippen molar-refractivity contribution in [3.05, 3.63) is 29.8 Å². The average Bonchev–Trinajstić information content (AvgIpc) is 2.05. The Labute approximate surface area is 70.1 Å². The third kappa shape index (κ3) is 1.60. The van der Waals surface area contributed by atoms with Gasteiger partial charge in [-0.15, -0.1) is 6.42 Å². The molecule has 2 nitrogen and oxygen atoms in total. The number of pyridine rings is 1. The van der Waals surface area contributed by atoms with Crippen molar-refractivity contribution < 1.29 is 9.50 Å². The zero-order valence-electron chi connectivity index (χ0n) is 6.58. The zero-order valence-corrected chi connectivity index (χ0v) is 6.58. The first-order valence-electron chi connectivity index (χ1n) is 3.37.